The first-order valence-electron chi connectivity index (χ1n) is 8.86. The monoisotopic (exact) mass is 424 g/mol. The van der Waals surface area contributed by atoms with E-state index in [1.165, 1.54) is 12.1 Å². The van der Waals surface area contributed by atoms with Crippen LogP contribution in [0.15, 0.2) is 40.8 Å². The lowest BCUT2D eigenvalue weighted by Gasteiger charge is -2.29. The van der Waals surface area contributed by atoms with Gasteiger partial charge in [0.25, 0.3) is 5.91 Å². The second kappa shape index (κ2) is 8.36. The molecule has 150 valence electrons. The van der Waals surface area contributed by atoms with Crippen molar-refractivity contribution in [1.29, 1.82) is 0 Å². The van der Waals surface area contributed by atoms with Gasteiger partial charge in [-0.2, -0.15) is 0 Å². The Balaban J connectivity index is 1.63. The van der Waals surface area contributed by atoms with E-state index in [1.54, 1.807) is 29.2 Å². The minimum atomic E-state index is -3.52. The molecule has 1 aromatic heterocycles. The van der Waals surface area contributed by atoms with Crippen molar-refractivity contribution in [1.82, 2.24) is 4.90 Å². The van der Waals surface area contributed by atoms with E-state index in [1.807, 2.05) is 0 Å². The van der Waals surface area contributed by atoms with Crippen molar-refractivity contribution in [3.05, 3.63) is 58.5 Å². The summed E-state index contributed by atoms with van der Waals surface area (Å²) in [5.74, 6) is -1.14. The fourth-order valence-electron chi connectivity index (χ4n) is 3.21. The van der Waals surface area contributed by atoms with Gasteiger partial charge < -0.3 is 15.1 Å². The van der Waals surface area contributed by atoms with E-state index >= 15 is 0 Å². The van der Waals surface area contributed by atoms with Gasteiger partial charge in [0.15, 0.2) is 15.6 Å². The molecule has 0 spiro atoms. The van der Waals surface area contributed by atoms with Gasteiger partial charge in [0.2, 0.25) is 5.91 Å². The Morgan fingerprint density at radius 1 is 1.11 bits per heavy atom. The third kappa shape index (κ3) is 4.94. The summed E-state index contributed by atoms with van der Waals surface area (Å²) in [6.07, 6.45) is 1.03. The maximum atomic E-state index is 12.5. The molecule has 1 aromatic carbocycles. The molecule has 1 saturated heterocycles. The van der Waals surface area contributed by atoms with Crippen LogP contribution >= 0.6 is 11.6 Å². The predicted octanol–water partition coefficient (Wildman–Crippen LogP) is 2.39. The molecular formula is C19H21ClN2O5S. The Morgan fingerprint density at radius 3 is 2.43 bits per heavy atom. The maximum absolute atomic E-state index is 12.5. The molecule has 0 radical (unpaired) electrons. The highest BCUT2D eigenvalue weighted by Gasteiger charge is 2.28. The lowest BCUT2D eigenvalue weighted by molar-refractivity contribution is -0.123. The average Bonchev–Trinajstić information content (AvgIpc) is 3.10. The van der Waals surface area contributed by atoms with Gasteiger partial charge >= 0.3 is 0 Å². The Hall–Kier alpha value is -2.32. The molecule has 2 N–H and O–H groups in total. The lowest BCUT2D eigenvalue weighted by Crippen LogP contribution is -2.41. The zero-order valence-corrected chi connectivity index (χ0v) is 16.7. The molecule has 2 heterocycles. The molecule has 28 heavy (non-hydrogen) atoms. The van der Waals surface area contributed by atoms with Crippen LogP contribution in [0.2, 0.25) is 5.02 Å². The van der Waals surface area contributed by atoms with Crippen molar-refractivity contribution >= 4 is 33.3 Å². The van der Waals surface area contributed by atoms with Gasteiger partial charge in [-0.25, -0.2) is 8.42 Å². The zero-order valence-electron chi connectivity index (χ0n) is 15.1. The molecule has 1 aliphatic heterocycles. The Morgan fingerprint density at radius 2 is 1.79 bits per heavy atom. The summed E-state index contributed by atoms with van der Waals surface area (Å²) in [6.45, 7) is 0.820. The van der Waals surface area contributed by atoms with Gasteiger partial charge in [-0.05, 0) is 36.6 Å². The molecule has 0 atom stereocenters. The molecule has 0 unspecified atom stereocenters. The van der Waals surface area contributed by atoms with Gasteiger partial charge in [0.1, 0.15) is 11.5 Å². The standard InChI is InChI=1S/C19H21ClN2O5S/c20-16-4-2-1-3-14(16)11-28(25,26)12-15-5-6-17(27-15)19(24)22-9-7-13(8-10-22)18(21)23/h1-6,13H,7-12H2,(H2,21,23). The number of sulfone groups is 1. The van der Waals surface area contributed by atoms with E-state index < -0.39 is 9.84 Å². The van der Waals surface area contributed by atoms with Crippen molar-refractivity contribution in [2.75, 3.05) is 13.1 Å². The summed E-state index contributed by atoms with van der Waals surface area (Å²) in [5, 5.41) is 0.390. The van der Waals surface area contributed by atoms with Crippen LogP contribution in [0.4, 0.5) is 0 Å². The number of halogens is 1. The first-order valence-corrected chi connectivity index (χ1v) is 11.1. The van der Waals surface area contributed by atoms with Gasteiger partial charge in [-0.1, -0.05) is 29.8 Å². The molecule has 0 saturated carbocycles. The first-order chi connectivity index (χ1) is 13.2. The molecule has 3 rings (SSSR count). The average molecular weight is 425 g/mol. The summed E-state index contributed by atoms with van der Waals surface area (Å²) in [5.41, 5.74) is 5.82. The topological polar surface area (TPSA) is 111 Å². The number of nitrogens with zero attached hydrogens (tertiary/aromatic N) is 1. The summed E-state index contributed by atoms with van der Waals surface area (Å²) in [7, 11) is -3.52. The summed E-state index contributed by atoms with van der Waals surface area (Å²) in [4.78, 5) is 25.3. The number of rotatable bonds is 6. The largest absolute Gasteiger partial charge is 0.455 e. The third-order valence-corrected chi connectivity index (χ3v) is 6.60. The second-order valence-electron chi connectivity index (χ2n) is 6.86. The minimum Gasteiger partial charge on any atom is -0.455 e. The Labute approximate surface area is 168 Å². The van der Waals surface area contributed by atoms with Crippen LogP contribution in [-0.2, 0) is 26.1 Å². The molecule has 2 aromatic rings. The van der Waals surface area contributed by atoms with Crippen molar-refractivity contribution in [3.8, 4) is 0 Å². The van der Waals surface area contributed by atoms with Crippen molar-refractivity contribution in [3.63, 3.8) is 0 Å². The van der Waals surface area contributed by atoms with Crippen LogP contribution in [0.5, 0.6) is 0 Å². The Bertz CT molecular complexity index is 978. The zero-order chi connectivity index (χ0) is 20.3. The van der Waals surface area contributed by atoms with Crippen molar-refractivity contribution in [2.45, 2.75) is 24.3 Å². The van der Waals surface area contributed by atoms with E-state index in [4.69, 9.17) is 21.8 Å². The number of primary amides is 1. The number of hydrogen-bond donors (Lipinski definition) is 1. The van der Waals surface area contributed by atoms with Gasteiger partial charge in [0, 0.05) is 24.0 Å². The van der Waals surface area contributed by atoms with Crippen LogP contribution in [0.1, 0.15) is 34.7 Å². The minimum absolute atomic E-state index is 0.0838. The Kier molecular flexibility index (Phi) is 6.10. The summed E-state index contributed by atoms with van der Waals surface area (Å²) in [6, 6.07) is 9.72. The van der Waals surface area contributed by atoms with Gasteiger partial charge in [-0.15, -0.1) is 0 Å². The van der Waals surface area contributed by atoms with Crippen LogP contribution in [-0.4, -0.2) is 38.2 Å². The molecule has 0 aliphatic carbocycles. The highest BCUT2D eigenvalue weighted by atomic mass is 35.5. The number of carbonyl (C=O) groups excluding carboxylic acids is 2. The SMILES string of the molecule is NC(=O)C1CCN(C(=O)c2ccc(CS(=O)(=O)Cc3ccccc3Cl)o2)CC1. The number of likely N-dealkylation sites (tertiary alicyclic amines) is 1. The molecular weight excluding hydrogens is 404 g/mol. The van der Waals surface area contributed by atoms with E-state index in [0.717, 1.165) is 0 Å². The fraction of sp³-hybridized carbons (Fsp3) is 0.368. The number of furan rings is 1. The number of amides is 2. The number of nitrogens with two attached hydrogens (primary N) is 1. The van der Waals surface area contributed by atoms with Crippen LogP contribution in [0.25, 0.3) is 0 Å². The van der Waals surface area contributed by atoms with Gasteiger partial charge in [0.05, 0.1) is 5.75 Å². The van der Waals surface area contributed by atoms with Crippen LogP contribution in [0.3, 0.4) is 0 Å². The van der Waals surface area contributed by atoms with Crippen molar-refractivity contribution in [2.24, 2.45) is 11.7 Å². The molecule has 2 amide bonds. The number of benzene rings is 1. The number of piperidine rings is 1. The van der Waals surface area contributed by atoms with Crippen LogP contribution < -0.4 is 5.73 Å². The molecule has 1 fully saturated rings. The van der Waals surface area contributed by atoms with Crippen LogP contribution in [0, 0.1) is 5.92 Å². The normalized spacial score (nSPS) is 15.5. The smallest absolute Gasteiger partial charge is 0.289 e. The maximum Gasteiger partial charge on any atom is 0.289 e. The first kappa shape index (κ1) is 20.4. The molecule has 1 aliphatic rings. The molecule has 7 nitrogen and oxygen atoms in total. The number of carbonyl (C=O) groups is 2. The summed E-state index contributed by atoms with van der Waals surface area (Å²) >= 11 is 6.03. The van der Waals surface area contributed by atoms with E-state index in [0.29, 0.717) is 36.5 Å². The van der Waals surface area contributed by atoms with E-state index in [-0.39, 0.29) is 40.8 Å². The predicted molar refractivity (Wildman–Crippen MR) is 104 cm³/mol. The van der Waals surface area contributed by atoms with E-state index in [2.05, 4.69) is 0 Å². The highest BCUT2D eigenvalue weighted by molar-refractivity contribution is 7.89. The summed E-state index contributed by atoms with van der Waals surface area (Å²) < 4.78 is 30.4. The third-order valence-electron chi connectivity index (χ3n) is 4.75. The van der Waals surface area contributed by atoms with Crippen molar-refractivity contribution < 1.29 is 22.4 Å². The molecule has 0 bridgehead atoms. The second-order valence-corrected chi connectivity index (χ2v) is 9.33. The highest BCUT2D eigenvalue weighted by Crippen LogP contribution is 2.22. The number of hydrogen-bond acceptors (Lipinski definition) is 5. The molecule has 9 heteroatoms. The van der Waals surface area contributed by atoms with E-state index in [9.17, 15) is 18.0 Å². The fourth-order valence-corrected chi connectivity index (χ4v) is 4.91. The lowest BCUT2D eigenvalue weighted by atomic mass is 9.96. The van der Waals surface area contributed by atoms with Gasteiger partial charge in [-0.3, -0.25) is 9.59 Å². The quantitative estimate of drug-likeness (QED) is 0.765.